The zero-order chi connectivity index (χ0) is 13.9. The molecule has 2 heteroatoms. The number of benzene rings is 1. The van der Waals surface area contributed by atoms with Crippen LogP contribution < -0.4 is 5.32 Å². The number of rotatable bonds is 3. The Balaban J connectivity index is 1.92. The molecule has 2 rings (SSSR count). The number of hydrogen-bond acceptors (Lipinski definition) is 1. The van der Waals surface area contributed by atoms with Gasteiger partial charge in [0, 0.05) is 12.1 Å². The molecule has 0 aliphatic heterocycles. The molecule has 2 nitrogen and oxygen atoms in total. The molecule has 0 spiro atoms. The van der Waals surface area contributed by atoms with Gasteiger partial charge in [-0.05, 0) is 42.7 Å². The minimum Gasteiger partial charge on any atom is -0.351 e. The van der Waals surface area contributed by atoms with Gasteiger partial charge in [0.25, 0.3) is 5.91 Å². The molecule has 1 aliphatic rings. The van der Waals surface area contributed by atoms with Gasteiger partial charge in [-0.2, -0.15) is 0 Å². The lowest BCUT2D eigenvalue weighted by Gasteiger charge is -2.36. The van der Waals surface area contributed by atoms with Crippen LogP contribution in [0.2, 0.25) is 0 Å². The van der Waals surface area contributed by atoms with E-state index in [0.717, 1.165) is 23.6 Å². The highest BCUT2D eigenvalue weighted by molar-refractivity contribution is 5.95. The standard InChI is InChI=1S/C17H25NO/c1-13-8-10-17(3,11-9-13)12-18-16(19)15-7-5-4-6-14(15)2/h4-7,13H,8-12H2,1-3H3,(H,18,19). The van der Waals surface area contributed by atoms with E-state index in [1.807, 2.05) is 31.2 Å². The first kappa shape index (κ1) is 14.1. The van der Waals surface area contributed by atoms with Crippen LogP contribution in [0.1, 0.15) is 55.5 Å². The van der Waals surface area contributed by atoms with Gasteiger partial charge in [-0.1, -0.05) is 44.9 Å². The predicted molar refractivity (Wildman–Crippen MR) is 79.3 cm³/mol. The lowest BCUT2D eigenvalue weighted by atomic mass is 9.72. The van der Waals surface area contributed by atoms with Crippen LogP contribution in [0.15, 0.2) is 24.3 Å². The van der Waals surface area contributed by atoms with E-state index in [4.69, 9.17) is 0 Å². The normalized spacial score (nSPS) is 27.0. The molecule has 0 atom stereocenters. The first-order chi connectivity index (χ1) is 9.00. The predicted octanol–water partition coefficient (Wildman–Crippen LogP) is 3.94. The Bertz CT molecular complexity index is 444. The maximum atomic E-state index is 12.2. The van der Waals surface area contributed by atoms with Gasteiger partial charge in [-0.3, -0.25) is 4.79 Å². The fourth-order valence-electron chi connectivity index (χ4n) is 2.85. The third-order valence-electron chi connectivity index (χ3n) is 4.55. The number of carbonyl (C=O) groups is 1. The third kappa shape index (κ3) is 3.59. The molecule has 0 radical (unpaired) electrons. The summed E-state index contributed by atoms with van der Waals surface area (Å²) in [5, 5.41) is 3.13. The molecule has 1 fully saturated rings. The van der Waals surface area contributed by atoms with Gasteiger partial charge in [0.2, 0.25) is 0 Å². The fraction of sp³-hybridized carbons (Fsp3) is 0.588. The van der Waals surface area contributed by atoms with E-state index >= 15 is 0 Å². The Morgan fingerprint density at radius 3 is 2.58 bits per heavy atom. The van der Waals surface area contributed by atoms with Crippen molar-refractivity contribution in [3.63, 3.8) is 0 Å². The van der Waals surface area contributed by atoms with Crippen molar-refractivity contribution in [1.29, 1.82) is 0 Å². The molecule has 0 saturated heterocycles. The average molecular weight is 259 g/mol. The van der Waals surface area contributed by atoms with Crippen LogP contribution >= 0.6 is 0 Å². The summed E-state index contributed by atoms with van der Waals surface area (Å²) in [6, 6.07) is 7.77. The molecule has 0 unspecified atom stereocenters. The summed E-state index contributed by atoms with van der Waals surface area (Å²) >= 11 is 0. The summed E-state index contributed by atoms with van der Waals surface area (Å²) in [6.45, 7) is 7.41. The average Bonchev–Trinajstić information content (AvgIpc) is 2.41. The molecular formula is C17H25NO. The van der Waals surface area contributed by atoms with E-state index in [-0.39, 0.29) is 11.3 Å². The number of aryl methyl sites for hydroxylation is 1. The second-order valence-corrected chi connectivity index (χ2v) is 6.49. The summed E-state index contributed by atoms with van der Waals surface area (Å²) in [4.78, 5) is 12.2. The lowest BCUT2D eigenvalue weighted by Crippen LogP contribution is -2.38. The minimum absolute atomic E-state index is 0.0675. The van der Waals surface area contributed by atoms with Crippen molar-refractivity contribution < 1.29 is 4.79 Å². The molecule has 19 heavy (non-hydrogen) atoms. The second kappa shape index (κ2) is 5.77. The Hall–Kier alpha value is -1.31. The molecule has 0 aromatic heterocycles. The highest BCUT2D eigenvalue weighted by Gasteiger charge is 2.29. The van der Waals surface area contributed by atoms with Crippen molar-refractivity contribution in [2.24, 2.45) is 11.3 Å². The number of hydrogen-bond donors (Lipinski definition) is 1. The molecule has 1 saturated carbocycles. The zero-order valence-electron chi connectivity index (χ0n) is 12.3. The first-order valence-electron chi connectivity index (χ1n) is 7.34. The molecule has 104 valence electrons. The van der Waals surface area contributed by atoms with Crippen LogP contribution in [0.25, 0.3) is 0 Å². The van der Waals surface area contributed by atoms with Gasteiger partial charge >= 0.3 is 0 Å². The quantitative estimate of drug-likeness (QED) is 0.875. The van der Waals surface area contributed by atoms with Crippen molar-refractivity contribution >= 4 is 5.91 Å². The summed E-state index contributed by atoms with van der Waals surface area (Å²) in [5.41, 5.74) is 2.13. The molecular weight excluding hydrogens is 234 g/mol. The summed E-state index contributed by atoms with van der Waals surface area (Å²) in [7, 11) is 0. The Labute approximate surface area is 116 Å². The van der Waals surface area contributed by atoms with E-state index in [9.17, 15) is 4.79 Å². The minimum atomic E-state index is 0.0675. The van der Waals surface area contributed by atoms with Crippen LogP contribution in [-0.2, 0) is 0 Å². The maximum absolute atomic E-state index is 12.2. The van der Waals surface area contributed by atoms with Crippen molar-refractivity contribution in [1.82, 2.24) is 5.32 Å². The topological polar surface area (TPSA) is 29.1 Å². The SMILES string of the molecule is Cc1ccccc1C(=O)NCC1(C)CCC(C)CC1. The maximum Gasteiger partial charge on any atom is 0.251 e. The van der Waals surface area contributed by atoms with Gasteiger partial charge in [-0.25, -0.2) is 0 Å². The molecule has 1 N–H and O–H groups in total. The summed E-state index contributed by atoms with van der Waals surface area (Å²) in [5.74, 6) is 0.915. The van der Waals surface area contributed by atoms with Crippen LogP contribution in [0, 0.1) is 18.3 Å². The van der Waals surface area contributed by atoms with Gasteiger partial charge in [0.1, 0.15) is 0 Å². The van der Waals surface area contributed by atoms with E-state index in [2.05, 4.69) is 19.2 Å². The van der Waals surface area contributed by atoms with Gasteiger partial charge in [-0.15, -0.1) is 0 Å². The monoisotopic (exact) mass is 259 g/mol. The molecule has 1 aromatic rings. The van der Waals surface area contributed by atoms with Crippen LogP contribution in [0.4, 0.5) is 0 Å². The smallest absolute Gasteiger partial charge is 0.251 e. The Kier molecular flexibility index (Phi) is 4.28. The fourth-order valence-corrected chi connectivity index (χ4v) is 2.85. The van der Waals surface area contributed by atoms with Crippen molar-refractivity contribution in [3.8, 4) is 0 Å². The van der Waals surface area contributed by atoms with E-state index in [1.165, 1.54) is 25.7 Å². The highest BCUT2D eigenvalue weighted by atomic mass is 16.1. The lowest BCUT2D eigenvalue weighted by molar-refractivity contribution is 0.0909. The Morgan fingerprint density at radius 2 is 1.95 bits per heavy atom. The molecule has 1 amide bonds. The zero-order valence-corrected chi connectivity index (χ0v) is 12.3. The van der Waals surface area contributed by atoms with Crippen LogP contribution in [0.5, 0.6) is 0 Å². The van der Waals surface area contributed by atoms with Gasteiger partial charge in [0.05, 0.1) is 0 Å². The first-order valence-corrected chi connectivity index (χ1v) is 7.34. The van der Waals surface area contributed by atoms with Crippen LogP contribution in [-0.4, -0.2) is 12.5 Å². The van der Waals surface area contributed by atoms with Gasteiger partial charge < -0.3 is 5.32 Å². The van der Waals surface area contributed by atoms with E-state index < -0.39 is 0 Å². The van der Waals surface area contributed by atoms with E-state index in [1.54, 1.807) is 0 Å². The number of carbonyl (C=O) groups excluding carboxylic acids is 1. The largest absolute Gasteiger partial charge is 0.351 e. The summed E-state index contributed by atoms with van der Waals surface area (Å²) in [6.07, 6.45) is 5.03. The number of nitrogens with one attached hydrogen (secondary N) is 1. The van der Waals surface area contributed by atoms with Crippen molar-refractivity contribution in [2.45, 2.75) is 46.5 Å². The number of amides is 1. The highest BCUT2D eigenvalue weighted by Crippen LogP contribution is 2.37. The summed E-state index contributed by atoms with van der Waals surface area (Å²) < 4.78 is 0. The van der Waals surface area contributed by atoms with Crippen molar-refractivity contribution in [2.75, 3.05) is 6.54 Å². The van der Waals surface area contributed by atoms with Crippen LogP contribution in [0.3, 0.4) is 0 Å². The molecule has 1 aliphatic carbocycles. The molecule has 1 aromatic carbocycles. The van der Waals surface area contributed by atoms with Crippen molar-refractivity contribution in [3.05, 3.63) is 35.4 Å². The van der Waals surface area contributed by atoms with E-state index in [0.29, 0.717) is 0 Å². The molecule has 0 bridgehead atoms. The van der Waals surface area contributed by atoms with Gasteiger partial charge in [0.15, 0.2) is 0 Å². The Morgan fingerprint density at radius 1 is 1.32 bits per heavy atom. The second-order valence-electron chi connectivity index (χ2n) is 6.49. The molecule has 0 heterocycles. The third-order valence-corrected chi connectivity index (χ3v) is 4.55.